The van der Waals surface area contributed by atoms with Crippen LogP contribution in [0.1, 0.15) is 44.9 Å². The van der Waals surface area contributed by atoms with Crippen LogP contribution in [-0.4, -0.2) is 49.3 Å². The van der Waals surface area contributed by atoms with Crippen LogP contribution in [0.4, 0.5) is 0 Å². The minimum atomic E-state index is 0.353. The molecule has 0 amide bonds. The lowest BCUT2D eigenvalue weighted by atomic mass is 10.0. The van der Waals surface area contributed by atoms with Gasteiger partial charge < -0.3 is 10.4 Å². The van der Waals surface area contributed by atoms with Crippen LogP contribution in [-0.2, 0) is 0 Å². The van der Waals surface area contributed by atoms with Crippen LogP contribution in [0.2, 0.25) is 0 Å². The van der Waals surface area contributed by atoms with Crippen molar-refractivity contribution in [1.82, 2.24) is 10.2 Å². The number of hydrogen-bond donors (Lipinski definition) is 2. The van der Waals surface area contributed by atoms with Gasteiger partial charge in [-0.1, -0.05) is 19.3 Å². The van der Waals surface area contributed by atoms with Crippen molar-refractivity contribution in [1.29, 1.82) is 0 Å². The second kappa shape index (κ2) is 8.97. The van der Waals surface area contributed by atoms with Gasteiger partial charge in [0.25, 0.3) is 0 Å². The fraction of sp³-hybridized carbons (Fsp3) is 1.00. The number of piperidine rings is 1. The summed E-state index contributed by atoms with van der Waals surface area (Å²) in [5.41, 5.74) is 0. The number of nitrogens with zero attached hydrogens (tertiary/aromatic N) is 1. The average molecular weight is 228 g/mol. The Hall–Kier alpha value is -0.120. The highest BCUT2D eigenvalue weighted by Gasteiger charge is 2.20. The van der Waals surface area contributed by atoms with Gasteiger partial charge in [0.05, 0.1) is 0 Å². The van der Waals surface area contributed by atoms with E-state index in [0.29, 0.717) is 6.61 Å². The molecule has 0 radical (unpaired) electrons. The zero-order chi connectivity index (χ0) is 11.6. The number of aliphatic hydroxyl groups is 1. The molecule has 0 aromatic heterocycles. The van der Waals surface area contributed by atoms with Gasteiger partial charge in [0.1, 0.15) is 0 Å². The number of likely N-dealkylation sites (tertiary alicyclic amines) is 1. The van der Waals surface area contributed by atoms with Gasteiger partial charge in [0, 0.05) is 19.2 Å². The summed E-state index contributed by atoms with van der Waals surface area (Å²) in [6.45, 7) is 4.02. The number of unbranched alkanes of at least 4 members (excludes halogenated alkanes) is 3. The molecule has 0 saturated carbocycles. The van der Waals surface area contributed by atoms with Crippen LogP contribution in [0.25, 0.3) is 0 Å². The third-order valence-corrected chi connectivity index (χ3v) is 3.54. The largest absolute Gasteiger partial charge is 0.396 e. The van der Waals surface area contributed by atoms with Crippen molar-refractivity contribution in [3.05, 3.63) is 0 Å². The van der Waals surface area contributed by atoms with Crippen LogP contribution in [0.15, 0.2) is 0 Å². The zero-order valence-corrected chi connectivity index (χ0v) is 10.7. The number of likely N-dealkylation sites (N-methyl/N-ethyl adjacent to an activating group) is 1. The lowest BCUT2D eigenvalue weighted by Gasteiger charge is -2.35. The lowest BCUT2D eigenvalue weighted by molar-refractivity contribution is 0.144. The summed E-state index contributed by atoms with van der Waals surface area (Å²) in [7, 11) is 2.05. The molecule has 0 spiro atoms. The van der Waals surface area contributed by atoms with Crippen molar-refractivity contribution in [3.8, 4) is 0 Å². The Balaban J connectivity index is 2.11. The summed E-state index contributed by atoms with van der Waals surface area (Å²) in [4.78, 5) is 2.65. The van der Waals surface area contributed by atoms with Crippen LogP contribution in [0.5, 0.6) is 0 Å². The van der Waals surface area contributed by atoms with Gasteiger partial charge in [0.15, 0.2) is 0 Å². The van der Waals surface area contributed by atoms with E-state index in [1.54, 1.807) is 0 Å². The van der Waals surface area contributed by atoms with Crippen molar-refractivity contribution in [2.75, 3.05) is 33.3 Å². The van der Waals surface area contributed by atoms with Crippen LogP contribution in [0.3, 0.4) is 0 Å². The standard InChI is InChI=1S/C13H28N2O/c1-14-12-13-8-4-6-10-15(13)9-5-2-3-7-11-16/h13-14,16H,2-12H2,1H3. The van der Waals surface area contributed by atoms with Crippen molar-refractivity contribution >= 4 is 0 Å². The Labute approximate surface area is 100 Å². The first-order valence-electron chi connectivity index (χ1n) is 6.88. The SMILES string of the molecule is CNCC1CCCCN1CCCCCCO. The first-order valence-corrected chi connectivity index (χ1v) is 6.88. The molecule has 1 fully saturated rings. The predicted molar refractivity (Wildman–Crippen MR) is 68.7 cm³/mol. The monoisotopic (exact) mass is 228 g/mol. The van der Waals surface area contributed by atoms with Gasteiger partial charge >= 0.3 is 0 Å². The smallest absolute Gasteiger partial charge is 0.0431 e. The van der Waals surface area contributed by atoms with Gasteiger partial charge in [-0.3, -0.25) is 4.90 Å². The fourth-order valence-corrected chi connectivity index (χ4v) is 2.60. The molecular formula is C13H28N2O. The summed E-state index contributed by atoms with van der Waals surface area (Å²) in [5, 5.41) is 12.0. The summed E-state index contributed by atoms with van der Waals surface area (Å²) in [5.74, 6) is 0. The quantitative estimate of drug-likeness (QED) is 0.620. The highest BCUT2D eigenvalue weighted by Crippen LogP contribution is 2.17. The molecule has 0 aromatic rings. The molecule has 1 heterocycles. The first-order chi connectivity index (χ1) is 7.88. The minimum absolute atomic E-state index is 0.353. The van der Waals surface area contributed by atoms with Gasteiger partial charge in [-0.25, -0.2) is 0 Å². The summed E-state index contributed by atoms with van der Waals surface area (Å²) in [6, 6.07) is 0.761. The van der Waals surface area contributed by atoms with E-state index in [1.165, 1.54) is 51.6 Å². The molecular weight excluding hydrogens is 200 g/mol. The first kappa shape index (κ1) is 13.9. The Morgan fingerprint density at radius 1 is 1.19 bits per heavy atom. The molecule has 1 aliphatic heterocycles. The van der Waals surface area contributed by atoms with E-state index in [1.807, 2.05) is 7.05 Å². The number of rotatable bonds is 8. The lowest BCUT2D eigenvalue weighted by Crippen LogP contribution is -2.45. The van der Waals surface area contributed by atoms with Crippen molar-refractivity contribution < 1.29 is 5.11 Å². The Bertz CT molecular complexity index is 162. The van der Waals surface area contributed by atoms with Crippen molar-refractivity contribution in [2.24, 2.45) is 0 Å². The van der Waals surface area contributed by atoms with E-state index in [2.05, 4.69) is 10.2 Å². The van der Waals surface area contributed by atoms with Crippen LogP contribution in [0, 0.1) is 0 Å². The van der Waals surface area contributed by atoms with E-state index in [-0.39, 0.29) is 0 Å². The van der Waals surface area contributed by atoms with Gasteiger partial charge in [-0.2, -0.15) is 0 Å². The maximum absolute atomic E-state index is 8.71. The Morgan fingerprint density at radius 2 is 2.00 bits per heavy atom. The van der Waals surface area contributed by atoms with Gasteiger partial charge in [-0.15, -0.1) is 0 Å². The zero-order valence-electron chi connectivity index (χ0n) is 10.7. The maximum Gasteiger partial charge on any atom is 0.0431 e. The maximum atomic E-state index is 8.71. The molecule has 0 aromatic carbocycles. The van der Waals surface area contributed by atoms with Crippen LogP contribution >= 0.6 is 0 Å². The molecule has 1 aliphatic rings. The molecule has 3 heteroatoms. The Morgan fingerprint density at radius 3 is 2.75 bits per heavy atom. The van der Waals surface area contributed by atoms with E-state index < -0.39 is 0 Å². The number of nitrogens with one attached hydrogen (secondary N) is 1. The third-order valence-electron chi connectivity index (χ3n) is 3.54. The predicted octanol–water partition coefficient (Wildman–Crippen LogP) is 1.61. The molecule has 2 N–H and O–H groups in total. The van der Waals surface area contributed by atoms with Crippen molar-refractivity contribution in [3.63, 3.8) is 0 Å². The van der Waals surface area contributed by atoms with E-state index in [9.17, 15) is 0 Å². The number of aliphatic hydroxyl groups excluding tert-OH is 1. The molecule has 3 nitrogen and oxygen atoms in total. The second-order valence-corrected chi connectivity index (χ2v) is 4.88. The van der Waals surface area contributed by atoms with E-state index >= 15 is 0 Å². The second-order valence-electron chi connectivity index (χ2n) is 4.88. The van der Waals surface area contributed by atoms with Crippen molar-refractivity contribution in [2.45, 2.75) is 51.0 Å². The number of hydrogen-bond acceptors (Lipinski definition) is 3. The molecule has 1 saturated heterocycles. The molecule has 16 heavy (non-hydrogen) atoms. The topological polar surface area (TPSA) is 35.5 Å². The molecule has 1 atom stereocenters. The molecule has 0 aliphatic carbocycles. The average Bonchev–Trinajstić information content (AvgIpc) is 2.31. The Kier molecular flexibility index (Phi) is 7.81. The fourth-order valence-electron chi connectivity index (χ4n) is 2.60. The molecule has 96 valence electrons. The highest BCUT2D eigenvalue weighted by molar-refractivity contribution is 4.78. The molecule has 1 rings (SSSR count). The van der Waals surface area contributed by atoms with Crippen LogP contribution < -0.4 is 5.32 Å². The summed E-state index contributed by atoms with van der Waals surface area (Å²) < 4.78 is 0. The third kappa shape index (κ3) is 5.28. The molecule has 0 bridgehead atoms. The van der Waals surface area contributed by atoms with Gasteiger partial charge in [-0.05, 0) is 45.8 Å². The summed E-state index contributed by atoms with van der Waals surface area (Å²) in [6.07, 6.45) is 8.84. The van der Waals surface area contributed by atoms with E-state index in [0.717, 1.165) is 19.0 Å². The van der Waals surface area contributed by atoms with E-state index in [4.69, 9.17) is 5.11 Å². The summed E-state index contributed by atoms with van der Waals surface area (Å²) >= 11 is 0. The molecule has 1 unspecified atom stereocenters. The normalized spacial score (nSPS) is 22.5. The minimum Gasteiger partial charge on any atom is -0.396 e. The van der Waals surface area contributed by atoms with Gasteiger partial charge in [0.2, 0.25) is 0 Å². The highest BCUT2D eigenvalue weighted by atomic mass is 16.2.